The zero-order chi connectivity index (χ0) is 14.5. The third-order valence-corrected chi connectivity index (χ3v) is 3.59. The Bertz CT molecular complexity index is 484. The van der Waals surface area contributed by atoms with Crippen molar-refractivity contribution in [3.8, 4) is 0 Å². The number of hydrogen-bond acceptors (Lipinski definition) is 3. The van der Waals surface area contributed by atoms with Gasteiger partial charge in [0.15, 0.2) is 0 Å². The molecule has 1 atom stereocenters. The molecule has 1 unspecified atom stereocenters. The van der Waals surface area contributed by atoms with Crippen LogP contribution in [0.3, 0.4) is 0 Å². The lowest BCUT2D eigenvalue weighted by molar-refractivity contribution is -0.128. The van der Waals surface area contributed by atoms with Gasteiger partial charge in [-0.2, -0.15) is 0 Å². The molecule has 1 aliphatic heterocycles. The van der Waals surface area contributed by atoms with Crippen LogP contribution in [0, 0.1) is 5.92 Å². The highest BCUT2D eigenvalue weighted by Gasteiger charge is 2.33. The van der Waals surface area contributed by atoms with Crippen LogP contribution in [0.15, 0.2) is 24.3 Å². The Morgan fingerprint density at radius 2 is 2.10 bits per heavy atom. The van der Waals surface area contributed by atoms with Crippen LogP contribution in [-0.4, -0.2) is 41.5 Å². The lowest BCUT2D eigenvalue weighted by atomic mass is 10.1. The molecule has 1 aliphatic rings. The molecule has 0 bridgehead atoms. The Morgan fingerprint density at radius 3 is 2.65 bits per heavy atom. The van der Waals surface area contributed by atoms with E-state index in [0.717, 1.165) is 11.3 Å². The van der Waals surface area contributed by atoms with Crippen LogP contribution in [0.5, 0.6) is 0 Å². The summed E-state index contributed by atoms with van der Waals surface area (Å²) in [7, 11) is 0. The molecule has 1 fully saturated rings. The molecular formula is C15H20N2O3. The topological polar surface area (TPSA) is 69.6 Å². The first kappa shape index (κ1) is 14.5. The van der Waals surface area contributed by atoms with E-state index in [4.69, 9.17) is 5.11 Å². The van der Waals surface area contributed by atoms with Crippen molar-refractivity contribution in [2.75, 3.05) is 25.0 Å². The second-order valence-corrected chi connectivity index (χ2v) is 4.99. The molecule has 0 aliphatic carbocycles. The number of rotatable bonds is 5. The first-order chi connectivity index (χ1) is 9.63. The first-order valence-electron chi connectivity index (χ1n) is 6.92. The van der Waals surface area contributed by atoms with Crippen molar-refractivity contribution >= 4 is 17.5 Å². The summed E-state index contributed by atoms with van der Waals surface area (Å²) in [6, 6.07) is 7.39. The van der Waals surface area contributed by atoms with Crippen molar-refractivity contribution in [3.05, 3.63) is 29.8 Å². The minimum atomic E-state index is -0.264. The fraction of sp³-hybridized carbons (Fsp3) is 0.467. The Kier molecular flexibility index (Phi) is 4.74. The fourth-order valence-corrected chi connectivity index (χ4v) is 2.38. The maximum absolute atomic E-state index is 12.1. The molecule has 108 valence electrons. The summed E-state index contributed by atoms with van der Waals surface area (Å²) >= 11 is 0. The monoisotopic (exact) mass is 276 g/mol. The average molecular weight is 276 g/mol. The highest BCUT2D eigenvalue weighted by Crippen LogP contribution is 2.19. The van der Waals surface area contributed by atoms with Crippen molar-refractivity contribution in [1.29, 1.82) is 0 Å². The quantitative estimate of drug-likeness (QED) is 0.844. The number of nitrogens with zero attached hydrogens (tertiary/aromatic N) is 1. The normalized spacial score (nSPS) is 18.4. The molecule has 1 saturated heterocycles. The summed E-state index contributed by atoms with van der Waals surface area (Å²) in [4.78, 5) is 25.4. The summed E-state index contributed by atoms with van der Waals surface area (Å²) in [6.07, 6.45) is 0.902. The maximum Gasteiger partial charge on any atom is 0.229 e. The average Bonchev–Trinajstić information content (AvgIpc) is 2.82. The van der Waals surface area contributed by atoms with Crippen LogP contribution < -0.4 is 5.32 Å². The number of carbonyl (C=O) groups excluding carboxylic acids is 2. The van der Waals surface area contributed by atoms with Gasteiger partial charge in [0.2, 0.25) is 11.8 Å². The summed E-state index contributed by atoms with van der Waals surface area (Å²) in [5.74, 6) is -0.324. The van der Waals surface area contributed by atoms with Gasteiger partial charge in [0.25, 0.3) is 0 Å². The highest BCUT2D eigenvalue weighted by atomic mass is 16.3. The van der Waals surface area contributed by atoms with E-state index in [-0.39, 0.29) is 24.3 Å². The minimum Gasteiger partial charge on any atom is -0.396 e. The first-order valence-corrected chi connectivity index (χ1v) is 6.92. The van der Waals surface area contributed by atoms with Crippen LogP contribution in [0.1, 0.15) is 18.9 Å². The molecule has 0 aromatic heterocycles. The lowest BCUT2D eigenvalue weighted by Crippen LogP contribution is -2.28. The molecule has 1 aromatic carbocycles. The smallest absolute Gasteiger partial charge is 0.229 e. The standard InChI is InChI=1S/C15H20N2O3/c1-2-17-10-12(9-14(17)19)15(20)16-13-5-3-11(4-6-13)7-8-18/h3-6,12,18H,2,7-10H2,1H3,(H,16,20). The number of carbonyl (C=O) groups is 2. The molecular weight excluding hydrogens is 256 g/mol. The van der Waals surface area contributed by atoms with E-state index in [1.54, 1.807) is 4.90 Å². The molecule has 0 spiro atoms. The van der Waals surface area contributed by atoms with E-state index < -0.39 is 0 Å². The molecule has 2 rings (SSSR count). The van der Waals surface area contributed by atoms with Crippen LogP contribution in [0.25, 0.3) is 0 Å². The third kappa shape index (κ3) is 3.36. The number of benzene rings is 1. The molecule has 2 amide bonds. The van der Waals surface area contributed by atoms with Gasteiger partial charge in [0, 0.05) is 31.8 Å². The molecule has 1 heterocycles. The Morgan fingerprint density at radius 1 is 1.40 bits per heavy atom. The SMILES string of the molecule is CCN1CC(C(=O)Nc2ccc(CCO)cc2)CC1=O. The van der Waals surface area contributed by atoms with Crippen molar-refractivity contribution in [2.45, 2.75) is 19.8 Å². The lowest BCUT2D eigenvalue weighted by Gasteiger charge is -2.13. The van der Waals surface area contributed by atoms with Crippen molar-refractivity contribution < 1.29 is 14.7 Å². The molecule has 1 aromatic rings. The second kappa shape index (κ2) is 6.52. The van der Waals surface area contributed by atoms with Crippen LogP contribution >= 0.6 is 0 Å². The molecule has 0 saturated carbocycles. The van der Waals surface area contributed by atoms with Crippen molar-refractivity contribution in [2.24, 2.45) is 5.92 Å². The molecule has 5 nitrogen and oxygen atoms in total. The van der Waals surface area contributed by atoms with E-state index in [2.05, 4.69) is 5.32 Å². The molecule has 2 N–H and O–H groups in total. The van der Waals surface area contributed by atoms with Gasteiger partial charge in [-0.15, -0.1) is 0 Å². The number of aliphatic hydroxyl groups is 1. The van der Waals surface area contributed by atoms with Gasteiger partial charge in [-0.3, -0.25) is 9.59 Å². The van der Waals surface area contributed by atoms with Gasteiger partial charge in [-0.25, -0.2) is 0 Å². The summed E-state index contributed by atoms with van der Waals surface area (Å²) < 4.78 is 0. The van der Waals surface area contributed by atoms with Gasteiger partial charge in [0.05, 0.1) is 5.92 Å². The largest absolute Gasteiger partial charge is 0.396 e. The van der Waals surface area contributed by atoms with E-state index in [0.29, 0.717) is 25.9 Å². The van der Waals surface area contributed by atoms with Crippen molar-refractivity contribution in [1.82, 2.24) is 4.90 Å². The van der Waals surface area contributed by atoms with Gasteiger partial charge >= 0.3 is 0 Å². The van der Waals surface area contributed by atoms with Crippen LogP contribution in [-0.2, 0) is 16.0 Å². The van der Waals surface area contributed by atoms with Crippen molar-refractivity contribution in [3.63, 3.8) is 0 Å². The van der Waals surface area contributed by atoms with E-state index in [1.807, 2.05) is 31.2 Å². The Balaban J connectivity index is 1.93. The zero-order valence-corrected chi connectivity index (χ0v) is 11.6. The van der Waals surface area contributed by atoms with E-state index >= 15 is 0 Å². The molecule has 20 heavy (non-hydrogen) atoms. The van der Waals surface area contributed by atoms with Gasteiger partial charge < -0.3 is 15.3 Å². The highest BCUT2D eigenvalue weighted by molar-refractivity contribution is 5.97. The van der Waals surface area contributed by atoms with Gasteiger partial charge in [-0.1, -0.05) is 12.1 Å². The predicted octanol–water partition coefficient (Wildman–Crippen LogP) is 1.03. The summed E-state index contributed by atoms with van der Waals surface area (Å²) in [5.41, 5.74) is 1.75. The van der Waals surface area contributed by atoms with Gasteiger partial charge in [-0.05, 0) is 31.0 Å². The van der Waals surface area contributed by atoms with Gasteiger partial charge in [0.1, 0.15) is 0 Å². The predicted molar refractivity (Wildman–Crippen MR) is 76.2 cm³/mol. The Hall–Kier alpha value is -1.88. The number of hydrogen-bond donors (Lipinski definition) is 2. The number of anilines is 1. The fourth-order valence-electron chi connectivity index (χ4n) is 2.38. The third-order valence-electron chi connectivity index (χ3n) is 3.59. The summed E-state index contributed by atoms with van der Waals surface area (Å²) in [6.45, 7) is 3.18. The minimum absolute atomic E-state index is 0.0472. The maximum atomic E-state index is 12.1. The Labute approximate surface area is 118 Å². The van der Waals surface area contributed by atoms with Crippen LogP contribution in [0.4, 0.5) is 5.69 Å². The van der Waals surface area contributed by atoms with Crippen LogP contribution in [0.2, 0.25) is 0 Å². The summed E-state index contributed by atoms with van der Waals surface area (Å²) in [5, 5.41) is 11.7. The number of amides is 2. The van der Waals surface area contributed by atoms with E-state index in [1.165, 1.54) is 0 Å². The number of nitrogens with one attached hydrogen (secondary N) is 1. The molecule has 0 radical (unpaired) electrons. The van der Waals surface area contributed by atoms with E-state index in [9.17, 15) is 9.59 Å². The zero-order valence-electron chi connectivity index (χ0n) is 11.6. The number of likely N-dealkylation sites (tertiary alicyclic amines) is 1. The number of aliphatic hydroxyl groups excluding tert-OH is 1. The molecule has 5 heteroatoms. The second-order valence-electron chi connectivity index (χ2n) is 4.99.